The summed E-state index contributed by atoms with van der Waals surface area (Å²) in [5.41, 5.74) is 0. The number of nitrogens with one attached hydrogen (secondary N) is 1. The van der Waals surface area contributed by atoms with Crippen LogP contribution in [0.1, 0.15) is 59.3 Å². The van der Waals surface area contributed by atoms with Gasteiger partial charge in [-0.2, -0.15) is 0 Å². The fourth-order valence-electron chi connectivity index (χ4n) is 1.69. The predicted octanol–water partition coefficient (Wildman–Crippen LogP) is 2.71. The fraction of sp³-hybridized carbons (Fsp3) is 1.00. The van der Waals surface area contributed by atoms with Crippen LogP contribution in [0.4, 0.5) is 0 Å². The molecule has 0 bridgehead atoms. The molecule has 14 heavy (non-hydrogen) atoms. The summed E-state index contributed by atoms with van der Waals surface area (Å²) in [5.74, 6) is 0. The molecule has 0 heterocycles. The maximum absolute atomic E-state index is 9.12. The van der Waals surface area contributed by atoms with Crippen molar-refractivity contribution in [1.82, 2.24) is 5.32 Å². The van der Waals surface area contributed by atoms with Crippen LogP contribution in [0.3, 0.4) is 0 Å². The Kier molecular flexibility index (Phi) is 9.42. The highest BCUT2D eigenvalue weighted by Crippen LogP contribution is 2.07. The number of hydrogen-bond donors (Lipinski definition) is 2. The van der Waals surface area contributed by atoms with Crippen molar-refractivity contribution in [3.8, 4) is 0 Å². The monoisotopic (exact) mass is 201 g/mol. The third-order valence-corrected chi connectivity index (χ3v) is 2.45. The van der Waals surface area contributed by atoms with Crippen molar-refractivity contribution in [3.63, 3.8) is 0 Å². The second kappa shape index (κ2) is 9.47. The molecule has 0 aliphatic heterocycles. The van der Waals surface area contributed by atoms with Crippen LogP contribution >= 0.6 is 0 Å². The molecule has 0 fully saturated rings. The van der Waals surface area contributed by atoms with Crippen molar-refractivity contribution in [2.45, 2.75) is 71.4 Å². The van der Waals surface area contributed by atoms with Crippen molar-refractivity contribution in [3.05, 3.63) is 0 Å². The smallest absolute Gasteiger partial charge is 0.0584 e. The van der Waals surface area contributed by atoms with Crippen LogP contribution < -0.4 is 5.32 Å². The first-order valence-electron chi connectivity index (χ1n) is 6.07. The highest BCUT2D eigenvalue weighted by Gasteiger charge is 2.07. The first-order chi connectivity index (χ1) is 6.70. The van der Waals surface area contributed by atoms with E-state index in [1.807, 2.05) is 0 Å². The van der Waals surface area contributed by atoms with E-state index in [0.29, 0.717) is 12.1 Å². The molecule has 0 aliphatic rings. The van der Waals surface area contributed by atoms with Gasteiger partial charge in [-0.3, -0.25) is 0 Å². The highest BCUT2D eigenvalue weighted by atomic mass is 16.3. The van der Waals surface area contributed by atoms with E-state index in [1.54, 1.807) is 0 Å². The lowest BCUT2D eigenvalue weighted by Crippen LogP contribution is -2.37. The Labute approximate surface area is 89.1 Å². The molecule has 0 aliphatic carbocycles. The molecule has 0 rings (SSSR count). The largest absolute Gasteiger partial charge is 0.395 e. The Morgan fingerprint density at radius 3 is 2.21 bits per heavy atom. The molecule has 0 amide bonds. The summed E-state index contributed by atoms with van der Waals surface area (Å²) in [5, 5.41) is 12.5. The van der Waals surface area contributed by atoms with Crippen LogP contribution in [0.5, 0.6) is 0 Å². The number of aliphatic hydroxyl groups excluding tert-OH is 1. The summed E-state index contributed by atoms with van der Waals surface area (Å²) in [6.07, 6.45) is 7.65. The van der Waals surface area contributed by atoms with Gasteiger partial charge in [-0.25, -0.2) is 0 Å². The average molecular weight is 201 g/mol. The van der Waals surface area contributed by atoms with E-state index in [-0.39, 0.29) is 6.61 Å². The van der Waals surface area contributed by atoms with E-state index in [9.17, 15) is 0 Å². The minimum absolute atomic E-state index is 0.270. The van der Waals surface area contributed by atoms with Crippen LogP contribution in [0.25, 0.3) is 0 Å². The second-order valence-electron chi connectivity index (χ2n) is 4.40. The highest BCUT2D eigenvalue weighted by molar-refractivity contribution is 4.67. The summed E-state index contributed by atoms with van der Waals surface area (Å²) in [4.78, 5) is 0. The van der Waals surface area contributed by atoms with Gasteiger partial charge in [-0.1, -0.05) is 52.9 Å². The number of hydrogen-bond acceptors (Lipinski definition) is 2. The van der Waals surface area contributed by atoms with Gasteiger partial charge in [-0.05, 0) is 6.42 Å². The summed E-state index contributed by atoms with van der Waals surface area (Å²) < 4.78 is 0. The summed E-state index contributed by atoms with van der Waals surface area (Å²) >= 11 is 0. The molecule has 0 aromatic carbocycles. The summed E-state index contributed by atoms with van der Waals surface area (Å²) in [6, 6.07) is 0.777. The molecule has 86 valence electrons. The molecular weight excluding hydrogens is 174 g/mol. The normalized spacial score (nSPS) is 13.5. The van der Waals surface area contributed by atoms with E-state index < -0.39 is 0 Å². The Balaban J connectivity index is 3.33. The van der Waals surface area contributed by atoms with Gasteiger partial charge < -0.3 is 10.4 Å². The molecule has 0 saturated heterocycles. The van der Waals surface area contributed by atoms with Gasteiger partial charge in [0.25, 0.3) is 0 Å². The first-order valence-corrected chi connectivity index (χ1v) is 6.07. The lowest BCUT2D eigenvalue weighted by molar-refractivity contribution is 0.225. The second-order valence-corrected chi connectivity index (χ2v) is 4.40. The third-order valence-electron chi connectivity index (χ3n) is 2.45. The molecule has 2 heteroatoms. The molecule has 0 aromatic rings. The van der Waals surface area contributed by atoms with Gasteiger partial charge >= 0.3 is 0 Å². The van der Waals surface area contributed by atoms with Crippen molar-refractivity contribution >= 4 is 0 Å². The van der Waals surface area contributed by atoms with Gasteiger partial charge in [0.2, 0.25) is 0 Å². The lowest BCUT2D eigenvalue weighted by Gasteiger charge is -2.18. The minimum atomic E-state index is 0.270. The molecule has 0 radical (unpaired) electrons. The fourth-order valence-corrected chi connectivity index (χ4v) is 1.69. The molecular formula is C12H27NO. The Hall–Kier alpha value is -0.0800. The summed E-state index contributed by atoms with van der Waals surface area (Å²) in [7, 11) is 0. The van der Waals surface area contributed by atoms with Crippen molar-refractivity contribution in [1.29, 1.82) is 0 Å². The maximum Gasteiger partial charge on any atom is 0.0584 e. The van der Waals surface area contributed by atoms with Gasteiger partial charge in [0.05, 0.1) is 6.61 Å². The number of aliphatic hydroxyl groups is 1. The predicted molar refractivity (Wildman–Crippen MR) is 62.5 cm³/mol. The van der Waals surface area contributed by atoms with Gasteiger partial charge in [0.1, 0.15) is 0 Å². The maximum atomic E-state index is 9.12. The minimum Gasteiger partial charge on any atom is -0.395 e. The topological polar surface area (TPSA) is 32.3 Å². The van der Waals surface area contributed by atoms with E-state index in [2.05, 4.69) is 26.1 Å². The van der Waals surface area contributed by atoms with E-state index in [0.717, 1.165) is 6.42 Å². The number of unbranched alkanes of at least 4 members (excludes halogenated alkanes) is 4. The quantitative estimate of drug-likeness (QED) is 0.562. The zero-order valence-electron chi connectivity index (χ0n) is 10.1. The molecule has 0 saturated carbocycles. The Morgan fingerprint density at radius 1 is 1.07 bits per heavy atom. The van der Waals surface area contributed by atoms with E-state index in [4.69, 9.17) is 5.11 Å². The van der Waals surface area contributed by atoms with Gasteiger partial charge in [0, 0.05) is 12.1 Å². The zero-order valence-corrected chi connectivity index (χ0v) is 10.1. The van der Waals surface area contributed by atoms with Crippen molar-refractivity contribution < 1.29 is 5.11 Å². The molecule has 2 nitrogen and oxygen atoms in total. The van der Waals surface area contributed by atoms with E-state index in [1.165, 1.54) is 32.1 Å². The third kappa shape index (κ3) is 8.52. The Bertz CT molecular complexity index is 115. The van der Waals surface area contributed by atoms with Crippen LogP contribution in [0, 0.1) is 0 Å². The SMILES string of the molecule is CCCCCCCC(CO)NC(C)C. The molecule has 1 unspecified atom stereocenters. The van der Waals surface area contributed by atoms with Crippen LogP contribution in [0.2, 0.25) is 0 Å². The lowest BCUT2D eigenvalue weighted by atomic mass is 10.1. The molecule has 0 aromatic heterocycles. The average Bonchev–Trinajstić information content (AvgIpc) is 2.15. The Morgan fingerprint density at radius 2 is 1.71 bits per heavy atom. The van der Waals surface area contributed by atoms with Crippen molar-refractivity contribution in [2.24, 2.45) is 0 Å². The van der Waals surface area contributed by atoms with Crippen LogP contribution in [0.15, 0.2) is 0 Å². The van der Waals surface area contributed by atoms with E-state index >= 15 is 0 Å². The summed E-state index contributed by atoms with van der Waals surface area (Å²) in [6.45, 7) is 6.75. The van der Waals surface area contributed by atoms with Gasteiger partial charge in [-0.15, -0.1) is 0 Å². The number of rotatable bonds is 9. The first kappa shape index (κ1) is 13.9. The van der Waals surface area contributed by atoms with Gasteiger partial charge in [0.15, 0.2) is 0 Å². The van der Waals surface area contributed by atoms with Crippen molar-refractivity contribution in [2.75, 3.05) is 6.61 Å². The zero-order chi connectivity index (χ0) is 10.8. The standard InChI is InChI=1S/C12H27NO/c1-4-5-6-7-8-9-12(10-14)13-11(2)3/h11-14H,4-10H2,1-3H3. The molecule has 1 atom stereocenters. The van der Waals surface area contributed by atoms with Crippen LogP contribution in [-0.2, 0) is 0 Å². The molecule has 2 N–H and O–H groups in total. The van der Waals surface area contributed by atoms with Crippen LogP contribution in [-0.4, -0.2) is 23.8 Å². The molecule has 0 spiro atoms.